The second kappa shape index (κ2) is 7.45. The molecule has 0 fully saturated rings. The number of nitrogens with one attached hydrogen (secondary N) is 2. The van der Waals surface area contributed by atoms with Crippen LogP contribution in [0.1, 0.15) is 23.6 Å². The number of rotatable bonds is 3. The number of anilines is 1. The largest absolute Gasteiger partial charge is 0.331 e. The summed E-state index contributed by atoms with van der Waals surface area (Å²) in [7, 11) is 0. The maximum absolute atomic E-state index is 5.35. The summed E-state index contributed by atoms with van der Waals surface area (Å²) in [4.78, 5) is 0. The Morgan fingerprint density at radius 1 is 0.920 bits per heavy atom. The van der Waals surface area contributed by atoms with Gasteiger partial charge in [-0.2, -0.15) is 5.10 Å². The van der Waals surface area contributed by atoms with Crippen LogP contribution in [0, 0.1) is 13.8 Å². The molecule has 0 unspecified atom stereocenters. The summed E-state index contributed by atoms with van der Waals surface area (Å²) in [5, 5.41) is 10.5. The van der Waals surface area contributed by atoms with E-state index in [1.165, 1.54) is 21.9 Å². The van der Waals surface area contributed by atoms with Crippen molar-refractivity contribution < 1.29 is 0 Å². The lowest BCUT2D eigenvalue weighted by Crippen LogP contribution is -2.25. The van der Waals surface area contributed by atoms with Gasteiger partial charge in [0.05, 0.1) is 5.71 Å². The second-order valence-electron chi connectivity index (χ2n) is 6.07. The van der Waals surface area contributed by atoms with Crippen LogP contribution >= 0.6 is 12.2 Å². The van der Waals surface area contributed by atoms with Gasteiger partial charge in [0.15, 0.2) is 5.11 Å². The lowest BCUT2D eigenvalue weighted by Gasteiger charge is -2.12. The SMILES string of the molecule is CC(=NNC(=S)Nc1cccc(C)c1C)c1ccc2ccccc2c1. The Hall–Kier alpha value is -2.72. The fraction of sp³-hybridized carbons (Fsp3) is 0.143. The van der Waals surface area contributed by atoms with Crippen LogP contribution < -0.4 is 10.7 Å². The summed E-state index contributed by atoms with van der Waals surface area (Å²) in [6, 6.07) is 20.7. The van der Waals surface area contributed by atoms with Crippen molar-refractivity contribution >= 4 is 39.5 Å². The lowest BCUT2D eigenvalue weighted by atomic mass is 10.0. The molecule has 0 saturated heterocycles. The van der Waals surface area contributed by atoms with Crippen LogP contribution in [0.4, 0.5) is 5.69 Å². The molecule has 0 bridgehead atoms. The van der Waals surface area contributed by atoms with Gasteiger partial charge in [0, 0.05) is 5.69 Å². The van der Waals surface area contributed by atoms with Gasteiger partial charge in [-0.15, -0.1) is 0 Å². The van der Waals surface area contributed by atoms with E-state index in [4.69, 9.17) is 12.2 Å². The normalized spacial score (nSPS) is 11.4. The van der Waals surface area contributed by atoms with E-state index in [1.54, 1.807) is 0 Å². The first-order valence-electron chi connectivity index (χ1n) is 8.21. The van der Waals surface area contributed by atoms with E-state index in [2.05, 4.69) is 66.1 Å². The molecule has 0 radical (unpaired) electrons. The minimum absolute atomic E-state index is 0.480. The predicted molar refractivity (Wildman–Crippen MR) is 111 cm³/mol. The topological polar surface area (TPSA) is 36.4 Å². The highest BCUT2D eigenvalue weighted by atomic mass is 32.1. The van der Waals surface area contributed by atoms with Gasteiger partial charge in [-0.05, 0) is 72.6 Å². The predicted octanol–water partition coefficient (Wildman–Crippen LogP) is 5.17. The molecule has 25 heavy (non-hydrogen) atoms. The fourth-order valence-corrected chi connectivity index (χ4v) is 2.81. The van der Waals surface area contributed by atoms with Crippen molar-refractivity contribution in [3.8, 4) is 0 Å². The maximum Gasteiger partial charge on any atom is 0.191 e. The molecule has 3 rings (SSSR count). The Balaban J connectivity index is 1.71. The molecule has 0 atom stereocenters. The summed E-state index contributed by atoms with van der Waals surface area (Å²) >= 11 is 5.35. The first-order valence-corrected chi connectivity index (χ1v) is 8.62. The third-order valence-corrected chi connectivity index (χ3v) is 4.54. The van der Waals surface area contributed by atoms with E-state index in [0.717, 1.165) is 17.0 Å². The van der Waals surface area contributed by atoms with Gasteiger partial charge in [0.2, 0.25) is 0 Å². The number of aryl methyl sites for hydroxylation is 1. The van der Waals surface area contributed by atoms with Crippen LogP contribution in [0.2, 0.25) is 0 Å². The van der Waals surface area contributed by atoms with Gasteiger partial charge in [0.1, 0.15) is 0 Å². The number of hydrogen-bond acceptors (Lipinski definition) is 2. The van der Waals surface area contributed by atoms with E-state index in [9.17, 15) is 0 Å². The van der Waals surface area contributed by atoms with Crippen LogP contribution in [0.3, 0.4) is 0 Å². The van der Waals surface area contributed by atoms with Crippen molar-refractivity contribution in [2.24, 2.45) is 5.10 Å². The summed E-state index contributed by atoms with van der Waals surface area (Å²) in [6.07, 6.45) is 0. The first kappa shape index (κ1) is 17.1. The molecule has 3 nitrogen and oxygen atoms in total. The minimum Gasteiger partial charge on any atom is -0.331 e. The monoisotopic (exact) mass is 347 g/mol. The van der Waals surface area contributed by atoms with Crippen LogP contribution in [-0.2, 0) is 0 Å². The number of fused-ring (bicyclic) bond motifs is 1. The Morgan fingerprint density at radius 3 is 2.48 bits per heavy atom. The molecule has 0 heterocycles. The van der Waals surface area contributed by atoms with Gasteiger partial charge in [-0.3, -0.25) is 5.43 Å². The summed E-state index contributed by atoms with van der Waals surface area (Å²) < 4.78 is 0. The van der Waals surface area contributed by atoms with Crippen molar-refractivity contribution in [3.63, 3.8) is 0 Å². The van der Waals surface area contributed by atoms with E-state index >= 15 is 0 Å². The zero-order valence-corrected chi connectivity index (χ0v) is 15.4. The maximum atomic E-state index is 5.35. The van der Waals surface area contributed by atoms with Crippen LogP contribution in [0.15, 0.2) is 65.8 Å². The Labute approximate surface area is 153 Å². The molecule has 0 amide bonds. The molecule has 0 aliphatic rings. The number of hydrazone groups is 1. The quantitative estimate of drug-likeness (QED) is 0.390. The molecule has 4 heteroatoms. The minimum atomic E-state index is 0.480. The van der Waals surface area contributed by atoms with Gasteiger partial charge in [0.25, 0.3) is 0 Å². The average molecular weight is 347 g/mol. The van der Waals surface area contributed by atoms with E-state index in [0.29, 0.717) is 5.11 Å². The van der Waals surface area contributed by atoms with Gasteiger partial charge >= 0.3 is 0 Å². The summed E-state index contributed by atoms with van der Waals surface area (Å²) in [5.41, 5.74) is 8.29. The van der Waals surface area contributed by atoms with Gasteiger partial charge < -0.3 is 5.32 Å². The third kappa shape index (κ3) is 4.03. The average Bonchev–Trinajstić information content (AvgIpc) is 2.63. The molecule has 0 aromatic heterocycles. The zero-order chi connectivity index (χ0) is 17.8. The lowest BCUT2D eigenvalue weighted by molar-refractivity contribution is 1.04. The van der Waals surface area contributed by atoms with Crippen molar-refractivity contribution in [2.45, 2.75) is 20.8 Å². The molecule has 126 valence electrons. The van der Waals surface area contributed by atoms with E-state index in [-0.39, 0.29) is 0 Å². The number of hydrogen-bond donors (Lipinski definition) is 2. The molecule has 0 aliphatic carbocycles. The smallest absolute Gasteiger partial charge is 0.191 e. The summed E-state index contributed by atoms with van der Waals surface area (Å²) in [6.45, 7) is 6.13. The van der Waals surface area contributed by atoms with Crippen LogP contribution in [0.5, 0.6) is 0 Å². The molecule has 3 aromatic rings. The standard InChI is InChI=1S/C21H21N3S/c1-14-7-6-10-20(15(14)2)22-21(25)24-23-16(3)18-12-11-17-8-4-5-9-19(17)13-18/h4-13H,1-3H3,(H2,22,24,25). The Morgan fingerprint density at radius 2 is 1.68 bits per heavy atom. The number of thiocarbonyl (C=S) groups is 1. The number of nitrogens with zero attached hydrogens (tertiary/aromatic N) is 1. The first-order chi connectivity index (χ1) is 12.0. The molecular formula is C21H21N3S. The zero-order valence-electron chi connectivity index (χ0n) is 14.6. The van der Waals surface area contributed by atoms with E-state index in [1.807, 2.05) is 31.2 Å². The van der Waals surface area contributed by atoms with Crippen molar-refractivity contribution in [1.29, 1.82) is 0 Å². The Bertz CT molecular complexity index is 960. The summed E-state index contributed by atoms with van der Waals surface area (Å²) in [5.74, 6) is 0. The highest BCUT2D eigenvalue weighted by Gasteiger charge is 2.03. The molecular weight excluding hydrogens is 326 g/mol. The van der Waals surface area contributed by atoms with Crippen molar-refractivity contribution in [3.05, 3.63) is 77.4 Å². The van der Waals surface area contributed by atoms with Gasteiger partial charge in [-0.25, -0.2) is 0 Å². The Kier molecular flexibility index (Phi) is 5.10. The molecule has 2 N–H and O–H groups in total. The van der Waals surface area contributed by atoms with Crippen molar-refractivity contribution in [2.75, 3.05) is 5.32 Å². The molecule has 0 saturated carbocycles. The molecule has 0 spiro atoms. The molecule has 3 aromatic carbocycles. The van der Waals surface area contributed by atoms with Crippen LogP contribution in [-0.4, -0.2) is 10.8 Å². The van der Waals surface area contributed by atoms with Gasteiger partial charge in [-0.1, -0.05) is 48.5 Å². The van der Waals surface area contributed by atoms with Crippen molar-refractivity contribution in [1.82, 2.24) is 5.43 Å². The third-order valence-electron chi connectivity index (χ3n) is 4.35. The molecule has 0 aliphatic heterocycles. The van der Waals surface area contributed by atoms with Crippen LogP contribution in [0.25, 0.3) is 10.8 Å². The van der Waals surface area contributed by atoms with E-state index < -0.39 is 0 Å². The highest BCUT2D eigenvalue weighted by Crippen LogP contribution is 2.18. The fourth-order valence-electron chi connectivity index (χ4n) is 2.65. The second-order valence-corrected chi connectivity index (χ2v) is 6.48. The number of benzene rings is 3. The highest BCUT2D eigenvalue weighted by molar-refractivity contribution is 7.80.